The van der Waals surface area contributed by atoms with Gasteiger partial charge in [0, 0.05) is 11.4 Å². The van der Waals surface area contributed by atoms with Crippen LogP contribution < -0.4 is 19.9 Å². The van der Waals surface area contributed by atoms with E-state index in [-0.39, 0.29) is 12.5 Å². The van der Waals surface area contributed by atoms with Gasteiger partial charge in [-0.3, -0.25) is 4.79 Å². The number of anilines is 2. The van der Waals surface area contributed by atoms with Crippen LogP contribution >= 0.6 is 0 Å². The van der Waals surface area contributed by atoms with Gasteiger partial charge in [0.1, 0.15) is 5.75 Å². The molecule has 25 heavy (non-hydrogen) atoms. The van der Waals surface area contributed by atoms with Crippen molar-refractivity contribution in [2.24, 2.45) is 0 Å². The van der Waals surface area contributed by atoms with Crippen LogP contribution in [-0.2, 0) is 4.79 Å². The maximum absolute atomic E-state index is 12.0. The lowest BCUT2D eigenvalue weighted by atomic mass is 10.2. The number of quaternary nitrogens is 1. The van der Waals surface area contributed by atoms with Gasteiger partial charge in [-0.05, 0) is 43.3 Å². The van der Waals surface area contributed by atoms with Crippen LogP contribution in [0.3, 0.4) is 0 Å². The molecule has 0 unspecified atom stereocenters. The fourth-order valence-corrected chi connectivity index (χ4v) is 3.05. The molecule has 132 valence electrons. The monoisotopic (exact) mass is 340 g/mol. The van der Waals surface area contributed by atoms with Crippen molar-refractivity contribution in [1.82, 2.24) is 0 Å². The van der Waals surface area contributed by atoms with Gasteiger partial charge in [0.2, 0.25) is 0 Å². The Hall–Kier alpha value is -2.53. The molecule has 0 saturated carbocycles. The zero-order valence-corrected chi connectivity index (χ0v) is 14.7. The van der Waals surface area contributed by atoms with E-state index in [0.717, 1.165) is 18.8 Å². The highest BCUT2D eigenvalue weighted by atomic mass is 16.5. The average Bonchev–Trinajstić information content (AvgIpc) is 2.68. The number of hydrogen-bond donors (Lipinski definition) is 2. The fourth-order valence-electron chi connectivity index (χ4n) is 3.05. The largest absolute Gasteiger partial charge is 0.484 e. The summed E-state index contributed by atoms with van der Waals surface area (Å²) in [5.41, 5.74) is 2.01. The average molecular weight is 340 g/mol. The fraction of sp³-hybridized carbons (Fsp3) is 0.350. The van der Waals surface area contributed by atoms with Gasteiger partial charge < -0.3 is 19.9 Å². The van der Waals surface area contributed by atoms with E-state index in [0.29, 0.717) is 5.75 Å². The number of amides is 1. The molecule has 1 aliphatic rings. The van der Waals surface area contributed by atoms with Crippen molar-refractivity contribution in [1.29, 1.82) is 0 Å². The molecule has 5 heteroatoms. The van der Waals surface area contributed by atoms with Gasteiger partial charge in [-0.15, -0.1) is 0 Å². The Morgan fingerprint density at radius 1 is 1.08 bits per heavy atom. The summed E-state index contributed by atoms with van der Waals surface area (Å²) in [5, 5.41) is 2.87. The van der Waals surface area contributed by atoms with Gasteiger partial charge >= 0.3 is 0 Å². The molecular weight excluding hydrogens is 314 g/mol. The number of hydrogen-bond acceptors (Lipinski definition) is 3. The maximum atomic E-state index is 12.0. The van der Waals surface area contributed by atoms with Crippen LogP contribution in [0.5, 0.6) is 5.75 Å². The summed E-state index contributed by atoms with van der Waals surface area (Å²) in [6.07, 6.45) is 0. The number of nitrogens with one attached hydrogen (secondary N) is 2. The van der Waals surface area contributed by atoms with Gasteiger partial charge in [0.25, 0.3) is 5.91 Å². The third-order valence-electron chi connectivity index (χ3n) is 4.60. The molecule has 2 N–H and O–H groups in total. The van der Waals surface area contributed by atoms with E-state index < -0.39 is 0 Å². The molecule has 0 radical (unpaired) electrons. The Morgan fingerprint density at radius 3 is 2.40 bits per heavy atom. The Morgan fingerprint density at radius 2 is 1.76 bits per heavy atom. The van der Waals surface area contributed by atoms with E-state index in [2.05, 4.69) is 29.3 Å². The van der Waals surface area contributed by atoms with Crippen LogP contribution in [0.1, 0.15) is 6.92 Å². The van der Waals surface area contributed by atoms with Crippen LogP contribution in [0.4, 0.5) is 11.4 Å². The number of carbonyl (C=O) groups is 1. The van der Waals surface area contributed by atoms with Crippen molar-refractivity contribution in [2.75, 3.05) is 49.5 Å². The van der Waals surface area contributed by atoms with Crippen LogP contribution in [0.2, 0.25) is 0 Å². The van der Waals surface area contributed by atoms with E-state index in [1.807, 2.05) is 42.5 Å². The third-order valence-corrected chi connectivity index (χ3v) is 4.60. The second kappa shape index (κ2) is 8.53. The Labute approximate surface area is 149 Å². The second-order valence-electron chi connectivity index (χ2n) is 6.29. The smallest absolute Gasteiger partial charge is 0.262 e. The van der Waals surface area contributed by atoms with Crippen LogP contribution in [-0.4, -0.2) is 45.2 Å². The number of likely N-dealkylation sites (N-methyl/N-ethyl adjacent to an activating group) is 1. The van der Waals surface area contributed by atoms with E-state index in [1.54, 1.807) is 4.90 Å². The van der Waals surface area contributed by atoms with E-state index in [4.69, 9.17) is 4.74 Å². The number of benzene rings is 2. The minimum Gasteiger partial charge on any atom is -0.484 e. The Balaban J connectivity index is 1.48. The zero-order chi connectivity index (χ0) is 17.5. The second-order valence-corrected chi connectivity index (χ2v) is 6.29. The summed E-state index contributed by atoms with van der Waals surface area (Å²) in [4.78, 5) is 16.1. The van der Waals surface area contributed by atoms with Crippen molar-refractivity contribution in [3.05, 3.63) is 54.6 Å². The summed E-state index contributed by atoms with van der Waals surface area (Å²) in [5.74, 6) is 0.540. The molecule has 1 amide bonds. The lowest BCUT2D eigenvalue weighted by Crippen LogP contribution is -3.14. The molecule has 0 aliphatic carbocycles. The lowest BCUT2D eigenvalue weighted by Gasteiger charge is -2.33. The van der Waals surface area contributed by atoms with E-state index in [9.17, 15) is 4.79 Å². The minimum atomic E-state index is -0.156. The maximum Gasteiger partial charge on any atom is 0.262 e. The quantitative estimate of drug-likeness (QED) is 0.836. The molecule has 0 spiro atoms. The molecule has 1 heterocycles. The van der Waals surface area contributed by atoms with Crippen molar-refractivity contribution >= 4 is 17.3 Å². The number of ether oxygens (including phenoxy) is 1. The third kappa shape index (κ3) is 4.97. The highest BCUT2D eigenvalue weighted by Crippen LogP contribution is 2.18. The summed E-state index contributed by atoms with van der Waals surface area (Å²) in [7, 11) is 0. The molecule has 0 aromatic heterocycles. The highest BCUT2D eigenvalue weighted by molar-refractivity contribution is 5.92. The first kappa shape index (κ1) is 17.3. The molecule has 0 bridgehead atoms. The van der Waals surface area contributed by atoms with Gasteiger partial charge in [-0.2, -0.15) is 0 Å². The van der Waals surface area contributed by atoms with Crippen molar-refractivity contribution in [3.8, 4) is 5.75 Å². The molecule has 2 aromatic carbocycles. The molecule has 1 aliphatic heterocycles. The summed E-state index contributed by atoms with van der Waals surface area (Å²) in [6.45, 7) is 7.98. The summed E-state index contributed by atoms with van der Waals surface area (Å²) < 4.78 is 5.46. The molecule has 0 atom stereocenters. The molecule has 2 aromatic rings. The van der Waals surface area contributed by atoms with Crippen molar-refractivity contribution < 1.29 is 14.4 Å². The van der Waals surface area contributed by atoms with Crippen LogP contribution in [0, 0.1) is 0 Å². The molecule has 5 nitrogen and oxygen atoms in total. The predicted molar refractivity (Wildman–Crippen MR) is 100 cm³/mol. The topological polar surface area (TPSA) is 46.0 Å². The van der Waals surface area contributed by atoms with E-state index in [1.165, 1.54) is 25.3 Å². The van der Waals surface area contributed by atoms with Crippen molar-refractivity contribution in [3.63, 3.8) is 0 Å². The standard InChI is InChI=1S/C20H25N3O2/c1-2-22-12-14-23(15-13-22)18-10-8-17(9-11-18)21-20(24)16-25-19-6-4-3-5-7-19/h3-11H,2,12-16H2,1H3,(H,21,24)/p+1. The Kier molecular flexibility index (Phi) is 5.90. The minimum absolute atomic E-state index is 0.00746. The summed E-state index contributed by atoms with van der Waals surface area (Å²) >= 11 is 0. The van der Waals surface area contributed by atoms with Crippen LogP contribution in [0.25, 0.3) is 0 Å². The first-order chi connectivity index (χ1) is 12.2. The summed E-state index contributed by atoms with van der Waals surface area (Å²) in [6, 6.07) is 17.4. The molecule has 1 fully saturated rings. The van der Waals surface area contributed by atoms with Crippen LogP contribution in [0.15, 0.2) is 54.6 Å². The highest BCUT2D eigenvalue weighted by Gasteiger charge is 2.18. The number of nitrogens with zero attached hydrogens (tertiary/aromatic N) is 1. The molecular formula is C20H26N3O2+. The number of para-hydroxylation sites is 1. The SMILES string of the molecule is CC[NH+]1CCN(c2ccc(NC(=O)COc3ccccc3)cc2)CC1. The Bertz CT molecular complexity index is 665. The first-order valence-electron chi connectivity index (χ1n) is 8.91. The van der Waals surface area contributed by atoms with Crippen molar-refractivity contribution in [2.45, 2.75) is 6.92 Å². The number of carbonyl (C=O) groups excluding carboxylic acids is 1. The normalized spacial score (nSPS) is 15.0. The zero-order valence-electron chi connectivity index (χ0n) is 14.7. The van der Waals surface area contributed by atoms with Gasteiger partial charge in [-0.25, -0.2) is 0 Å². The molecule has 1 saturated heterocycles. The van der Waals surface area contributed by atoms with Gasteiger partial charge in [0.15, 0.2) is 6.61 Å². The van der Waals surface area contributed by atoms with Gasteiger partial charge in [-0.1, -0.05) is 18.2 Å². The van der Waals surface area contributed by atoms with E-state index >= 15 is 0 Å². The number of piperazine rings is 1. The molecule has 3 rings (SSSR count). The first-order valence-corrected chi connectivity index (χ1v) is 8.91. The predicted octanol–water partition coefficient (Wildman–Crippen LogP) is 1.43. The number of rotatable bonds is 6. The lowest BCUT2D eigenvalue weighted by molar-refractivity contribution is -0.898. The van der Waals surface area contributed by atoms with Gasteiger partial charge in [0.05, 0.1) is 32.7 Å².